The van der Waals surface area contributed by atoms with E-state index in [1.807, 2.05) is 42.6 Å². The highest BCUT2D eigenvalue weighted by Gasteiger charge is 2.12. The minimum atomic E-state index is -0.415. The molecule has 0 saturated heterocycles. The molecule has 0 unspecified atom stereocenters. The second-order valence-corrected chi connectivity index (χ2v) is 9.26. The number of nitrogens with zero attached hydrogens (tertiary/aromatic N) is 5. The van der Waals surface area contributed by atoms with E-state index in [2.05, 4.69) is 36.8 Å². The molecule has 0 aliphatic rings. The van der Waals surface area contributed by atoms with Gasteiger partial charge in [-0.3, -0.25) is 15.1 Å². The highest BCUT2D eigenvalue weighted by Crippen LogP contribution is 2.26. The lowest BCUT2D eigenvalue weighted by molar-refractivity contribution is -0.384. The first-order valence-corrected chi connectivity index (χ1v) is 11.8. The maximum absolute atomic E-state index is 11.0. The molecule has 2 heterocycles. The average Bonchev–Trinajstić information content (AvgIpc) is 3.16. The van der Waals surface area contributed by atoms with Gasteiger partial charge < -0.3 is 0 Å². The van der Waals surface area contributed by atoms with E-state index in [9.17, 15) is 10.1 Å². The van der Waals surface area contributed by atoms with E-state index < -0.39 is 4.92 Å². The smallest absolute Gasteiger partial charge is 0.262 e. The molecule has 2 aromatic carbocycles. The highest BCUT2D eigenvalue weighted by molar-refractivity contribution is 9.11. The summed E-state index contributed by atoms with van der Waals surface area (Å²) in [7, 11) is 0. The van der Waals surface area contributed by atoms with Crippen LogP contribution in [0.5, 0.6) is 0 Å². The van der Waals surface area contributed by atoms with Crippen molar-refractivity contribution in [1.82, 2.24) is 9.66 Å². The van der Waals surface area contributed by atoms with Gasteiger partial charge in [0.1, 0.15) is 0 Å². The maximum atomic E-state index is 11.0. The molecular formula is C22H15Br2N5O2S. The summed E-state index contributed by atoms with van der Waals surface area (Å²) < 4.78 is 3.62. The first kappa shape index (κ1) is 22.3. The molecule has 0 N–H and O–H groups in total. The number of hydrogen-bond donors (Lipinski definition) is 0. The van der Waals surface area contributed by atoms with Crippen LogP contribution in [0.1, 0.15) is 12.5 Å². The first-order valence-electron chi connectivity index (χ1n) is 9.33. The molecule has 0 aliphatic heterocycles. The van der Waals surface area contributed by atoms with Crippen molar-refractivity contribution >= 4 is 60.3 Å². The van der Waals surface area contributed by atoms with Crippen molar-refractivity contribution in [2.45, 2.75) is 6.92 Å². The van der Waals surface area contributed by atoms with E-state index in [1.165, 1.54) is 23.5 Å². The summed E-state index contributed by atoms with van der Waals surface area (Å²) in [5.74, 6) is 0. The number of nitro groups is 1. The van der Waals surface area contributed by atoms with Gasteiger partial charge in [-0.05, 0) is 43.3 Å². The Morgan fingerprint density at radius 1 is 1.16 bits per heavy atom. The van der Waals surface area contributed by atoms with E-state index in [4.69, 9.17) is 10.1 Å². The minimum Gasteiger partial charge on any atom is -0.262 e. The molecule has 0 spiro atoms. The molecule has 0 fully saturated rings. The lowest BCUT2D eigenvalue weighted by Gasteiger charge is -2.08. The number of thiazole rings is 1. The summed E-state index contributed by atoms with van der Waals surface area (Å²) in [6.45, 7) is 1.92. The third-order valence-electron chi connectivity index (χ3n) is 4.50. The van der Waals surface area contributed by atoms with E-state index >= 15 is 0 Å². The molecule has 0 radical (unpaired) electrons. The van der Waals surface area contributed by atoms with Gasteiger partial charge in [-0.25, -0.2) is 9.67 Å². The normalized spacial score (nSPS) is 12.2. The van der Waals surface area contributed by atoms with Crippen LogP contribution in [0, 0.1) is 10.1 Å². The molecule has 0 saturated carbocycles. The van der Waals surface area contributed by atoms with Crippen LogP contribution in [0.4, 0.5) is 11.4 Å². The van der Waals surface area contributed by atoms with Crippen LogP contribution in [0.2, 0.25) is 0 Å². The largest absolute Gasteiger partial charge is 0.269 e. The zero-order valence-corrected chi connectivity index (χ0v) is 20.6. The summed E-state index contributed by atoms with van der Waals surface area (Å²) in [6, 6.07) is 16.0. The van der Waals surface area contributed by atoms with Crippen molar-refractivity contribution in [3.05, 3.63) is 102 Å². The molecule has 4 aromatic rings. The van der Waals surface area contributed by atoms with Gasteiger partial charge >= 0.3 is 0 Å². The SMILES string of the molecule is CC(=Nn1c(-c2ccc([N+](=O)[O-])cc2)csc1=Nc1cccnc1)c1ccc(Br)cc1Br. The van der Waals surface area contributed by atoms with Crippen LogP contribution in [0.25, 0.3) is 11.3 Å². The molecule has 4 rings (SSSR count). The number of rotatable bonds is 5. The van der Waals surface area contributed by atoms with Crippen molar-refractivity contribution in [3.8, 4) is 11.3 Å². The fourth-order valence-corrected chi connectivity index (χ4v) is 5.13. The van der Waals surface area contributed by atoms with Gasteiger partial charge in [-0.2, -0.15) is 5.10 Å². The van der Waals surface area contributed by atoms with Gasteiger partial charge in [0.15, 0.2) is 0 Å². The molecule has 0 bridgehead atoms. The fourth-order valence-electron chi connectivity index (χ4n) is 2.94. The fraction of sp³-hybridized carbons (Fsp3) is 0.0455. The van der Waals surface area contributed by atoms with Crippen LogP contribution in [0.15, 0.2) is 91.4 Å². The summed E-state index contributed by atoms with van der Waals surface area (Å²) in [5, 5.41) is 17.8. The quantitative estimate of drug-likeness (QED) is 0.154. The van der Waals surface area contributed by atoms with E-state index in [-0.39, 0.29) is 5.69 Å². The summed E-state index contributed by atoms with van der Waals surface area (Å²) in [4.78, 5) is 20.1. The molecule has 0 atom stereocenters. The van der Waals surface area contributed by atoms with Gasteiger partial charge in [0.05, 0.1) is 28.2 Å². The van der Waals surface area contributed by atoms with Crippen LogP contribution < -0.4 is 4.80 Å². The van der Waals surface area contributed by atoms with Crippen molar-refractivity contribution in [1.29, 1.82) is 0 Å². The van der Waals surface area contributed by atoms with Gasteiger partial charge in [-0.15, -0.1) is 11.3 Å². The molecule has 2 aromatic heterocycles. The second kappa shape index (κ2) is 9.68. The number of aromatic nitrogens is 2. The van der Waals surface area contributed by atoms with Crippen molar-refractivity contribution < 1.29 is 4.92 Å². The number of pyridine rings is 1. The zero-order chi connectivity index (χ0) is 22.7. The Morgan fingerprint density at radius 3 is 2.59 bits per heavy atom. The second-order valence-electron chi connectivity index (χ2n) is 6.65. The third kappa shape index (κ3) is 4.93. The standard InChI is InChI=1S/C22H15Br2N5O2S/c1-14(19-9-6-16(23)11-20(19)24)27-28-21(15-4-7-18(8-5-15)29(30)31)13-32-22(28)26-17-3-2-10-25-12-17/h2-13H,1H3. The van der Waals surface area contributed by atoms with Crippen molar-refractivity contribution in [3.63, 3.8) is 0 Å². The average molecular weight is 573 g/mol. The molecule has 160 valence electrons. The maximum Gasteiger partial charge on any atom is 0.269 e. The highest BCUT2D eigenvalue weighted by atomic mass is 79.9. The van der Waals surface area contributed by atoms with Crippen LogP contribution in [-0.4, -0.2) is 20.3 Å². The summed E-state index contributed by atoms with van der Waals surface area (Å²) in [6.07, 6.45) is 3.37. The molecule has 10 heteroatoms. The Morgan fingerprint density at radius 2 is 1.94 bits per heavy atom. The number of hydrogen-bond acceptors (Lipinski definition) is 6. The predicted octanol–water partition coefficient (Wildman–Crippen LogP) is 6.55. The van der Waals surface area contributed by atoms with Gasteiger partial charge in [0.2, 0.25) is 4.80 Å². The molecule has 0 aliphatic carbocycles. The lowest BCUT2D eigenvalue weighted by Crippen LogP contribution is -2.14. The van der Waals surface area contributed by atoms with Crippen LogP contribution in [0.3, 0.4) is 0 Å². The van der Waals surface area contributed by atoms with Crippen molar-refractivity contribution in [2.24, 2.45) is 10.1 Å². The van der Waals surface area contributed by atoms with Crippen LogP contribution in [-0.2, 0) is 0 Å². The number of non-ortho nitro benzene ring substituents is 1. The van der Waals surface area contributed by atoms with Gasteiger partial charge in [-0.1, -0.05) is 37.9 Å². The number of halogens is 2. The van der Waals surface area contributed by atoms with Crippen LogP contribution >= 0.6 is 43.2 Å². The zero-order valence-electron chi connectivity index (χ0n) is 16.6. The Labute approximate surface area is 204 Å². The van der Waals surface area contributed by atoms with E-state index in [1.54, 1.807) is 29.2 Å². The number of nitro benzene ring substituents is 1. The van der Waals surface area contributed by atoms with Gasteiger partial charge in [0.25, 0.3) is 5.69 Å². The lowest BCUT2D eigenvalue weighted by atomic mass is 10.1. The Kier molecular flexibility index (Phi) is 6.73. The topological polar surface area (TPSA) is 85.7 Å². The monoisotopic (exact) mass is 571 g/mol. The first-order chi connectivity index (χ1) is 15.4. The minimum absolute atomic E-state index is 0.0364. The summed E-state index contributed by atoms with van der Waals surface area (Å²) >= 11 is 8.50. The molecular weight excluding hydrogens is 558 g/mol. The predicted molar refractivity (Wildman–Crippen MR) is 133 cm³/mol. The molecule has 32 heavy (non-hydrogen) atoms. The summed E-state index contributed by atoms with van der Waals surface area (Å²) in [5.41, 5.74) is 4.03. The van der Waals surface area contributed by atoms with Crippen molar-refractivity contribution in [2.75, 3.05) is 0 Å². The Hall–Kier alpha value is -2.95. The van der Waals surface area contributed by atoms with E-state index in [0.29, 0.717) is 10.5 Å². The third-order valence-corrected chi connectivity index (χ3v) is 6.47. The number of benzene rings is 2. The molecule has 7 nitrogen and oxygen atoms in total. The van der Waals surface area contributed by atoms with E-state index in [0.717, 1.165) is 31.5 Å². The Balaban J connectivity index is 1.88. The Bertz CT molecular complexity index is 1380. The molecule has 0 amide bonds. The van der Waals surface area contributed by atoms with Gasteiger partial charge in [0, 0.05) is 43.8 Å².